The number of nitrogens with zero attached hydrogens (tertiary/aromatic N) is 4. The summed E-state index contributed by atoms with van der Waals surface area (Å²) in [6.45, 7) is 7.42. The molecule has 0 bridgehead atoms. The molecule has 0 unspecified atom stereocenters. The molecule has 9 heteroatoms. The van der Waals surface area contributed by atoms with Crippen LogP contribution in [0.25, 0.3) is 10.9 Å². The lowest BCUT2D eigenvalue weighted by Crippen LogP contribution is -2.57. The van der Waals surface area contributed by atoms with Crippen molar-refractivity contribution in [3.8, 4) is 0 Å². The molecule has 2 saturated heterocycles. The molecule has 1 aromatic heterocycles. The van der Waals surface area contributed by atoms with Gasteiger partial charge in [0.1, 0.15) is 0 Å². The van der Waals surface area contributed by atoms with Gasteiger partial charge in [-0.3, -0.25) is 24.0 Å². The predicted octanol–water partition coefficient (Wildman–Crippen LogP) is 3.55. The highest BCUT2D eigenvalue weighted by Crippen LogP contribution is 2.30. The SMILES string of the molecule is C[C@@H]1CN(Cc2ccccc2)[C@@H](C)CN1C(=O)c1cc2c(C(=O)C(=O)N3CCCC3)cn(N)c2cc1Cl. The summed E-state index contributed by atoms with van der Waals surface area (Å²) in [6, 6.07) is 13.6. The normalized spacial score (nSPS) is 20.5. The molecule has 0 radical (unpaired) electrons. The van der Waals surface area contributed by atoms with Crippen molar-refractivity contribution in [2.75, 3.05) is 32.0 Å². The first-order chi connectivity index (χ1) is 17.7. The van der Waals surface area contributed by atoms with Gasteiger partial charge in [-0.1, -0.05) is 41.9 Å². The largest absolute Gasteiger partial charge is 0.339 e. The number of fused-ring (bicyclic) bond motifs is 1. The maximum absolute atomic E-state index is 13.7. The van der Waals surface area contributed by atoms with Gasteiger partial charge in [-0.05, 0) is 44.4 Å². The Morgan fingerprint density at radius 3 is 2.38 bits per heavy atom. The van der Waals surface area contributed by atoms with E-state index in [4.69, 9.17) is 17.4 Å². The van der Waals surface area contributed by atoms with E-state index in [1.165, 1.54) is 16.4 Å². The number of ketones is 1. The zero-order valence-electron chi connectivity index (χ0n) is 21.2. The Hall–Kier alpha value is -3.36. The van der Waals surface area contributed by atoms with Crippen molar-refractivity contribution in [1.29, 1.82) is 0 Å². The Bertz CT molecular complexity index is 1350. The number of halogens is 1. The third kappa shape index (κ3) is 4.83. The van der Waals surface area contributed by atoms with Crippen LogP contribution in [0.2, 0.25) is 5.02 Å². The smallest absolute Gasteiger partial charge is 0.295 e. The number of amides is 2. The maximum Gasteiger partial charge on any atom is 0.295 e. The van der Waals surface area contributed by atoms with E-state index in [1.54, 1.807) is 17.0 Å². The molecule has 8 nitrogen and oxygen atoms in total. The van der Waals surface area contributed by atoms with E-state index in [0.717, 1.165) is 25.9 Å². The number of carbonyl (C=O) groups excluding carboxylic acids is 3. The van der Waals surface area contributed by atoms with E-state index in [1.807, 2.05) is 30.0 Å². The topological polar surface area (TPSA) is 91.9 Å². The van der Waals surface area contributed by atoms with Crippen LogP contribution in [0, 0.1) is 0 Å². The van der Waals surface area contributed by atoms with Gasteiger partial charge >= 0.3 is 0 Å². The van der Waals surface area contributed by atoms with Crippen LogP contribution in [0.15, 0.2) is 48.7 Å². The molecule has 2 N–H and O–H groups in total. The molecule has 5 rings (SSSR count). The van der Waals surface area contributed by atoms with E-state index >= 15 is 0 Å². The van der Waals surface area contributed by atoms with Crippen LogP contribution in [0.4, 0.5) is 0 Å². The minimum atomic E-state index is -0.617. The number of hydrogen-bond donors (Lipinski definition) is 1. The summed E-state index contributed by atoms with van der Waals surface area (Å²) in [5, 5.41) is 0.718. The zero-order valence-corrected chi connectivity index (χ0v) is 21.9. The lowest BCUT2D eigenvalue weighted by molar-refractivity contribution is -0.125. The summed E-state index contributed by atoms with van der Waals surface area (Å²) < 4.78 is 1.28. The predicted molar refractivity (Wildman–Crippen MR) is 144 cm³/mol. The van der Waals surface area contributed by atoms with Crippen LogP contribution in [0.3, 0.4) is 0 Å². The van der Waals surface area contributed by atoms with Gasteiger partial charge in [0, 0.05) is 56.4 Å². The Labute approximate surface area is 221 Å². The molecule has 0 aliphatic carbocycles. The van der Waals surface area contributed by atoms with Crippen LogP contribution in [0.1, 0.15) is 53.0 Å². The van der Waals surface area contributed by atoms with Crippen molar-refractivity contribution in [3.63, 3.8) is 0 Å². The lowest BCUT2D eigenvalue weighted by atomic mass is 10.0. The number of rotatable bonds is 5. The molecule has 2 fully saturated rings. The molecule has 37 heavy (non-hydrogen) atoms. The second kappa shape index (κ2) is 10.2. The van der Waals surface area contributed by atoms with Crippen molar-refractivity contribution >= 4 is 40.1 Å². The summed E-state index contributed by atoms with van der Waals surface area (Å²) in [7, 11) is 0. The highest BCUT2D eigenvalue weighted by atomic mass is 35.5. The molecule has 2 atom stereocenters. The first kappa shape index (κ1) is 25.3. The van der Waals surface area contributed by atoms with Gasteiger partial charge < -0.3 is 15.6 Å². The fourth-order valence-corrected chi connectivity index (χ4v) is 5.71. The van der Waals surface area contributed by atoms with Crippen molar-refractivity contribution < 1.29 is 14.4 Å². The number of carbonyl (C=O) groups is 3. The van der Waals surface area contributed by atoms with Crippen LogP contribution in [-0.4, -0.2) is 75.2 Å². The molecule has 3 aromatic rings. The number of hydrogen-bond acceptors (Lipinski definition) is 5. The average Bonchev–Trinajstić information content (AvgIpc) is 3.53. The number of nitrogens with two attached hydrogens (primary N) is 1. The van der Waals surface area contributed by atoms with Gasteiger partial charge in [0.2, 0.25) is 0 Å². The number of likely N-dealkylation sites (tertiary alicyclic amines) is 1. The highest BCUT2D eigenvalue weighted by Gasteiger charge is 2.34. The second-order valence-electron chi connectivity index (χ2n) is 10.2. The van der Waals surface area contributed by atoms with E-state index in [0.29, 0.717) is 36.1 Å². The highest BCUT2D eigenvalue weighted by molar-refractivity contribution is 6.45. The Kier molecular flexibility index (Phi) is 6.96. The lowest BCUT2D eigenvalue weighted by Gasteiger charge is -2.44. The van der Waals surface area contributed by atoms with Crippen LogP contribution in [-0.2, 0) is 11.3 Å². The molecule has 2 aliphatic heterocycles. The number of nitrogen functional groups attached to an aromatic ring is 1. The maximum atomic E-state index is 13.7. The molecule has 2 amide bonds. The molecule has 2 aromatic carbocycles. The van der Waals surface area contributed by atoms with Gasteiger partial charge in [-0.2, -0.15) is 0 Å². The fraction of sp³-hybridized carbons (Fsp3) is 0.393. The first-order valence-corrected chi connectivity index (χ1v) is 13.1. The molecular formula is C28H32ClN5O3. The van der Waals surface area contributed by atoms with Gasteiger partial charge in [0.15, 0.2) is 0 Å². The Morgan fingerprint density at radius 1 is 0.973 bits per heavy atom. The minimum absolute atomic E-state index is 0.0314. The van der Waals surface area contributed by atoms with Crippen molar-refractivity contribution in [3.05, 3.63) is 70.4 Å². The summed E-state index contributed by atoms with van der Waals surface area (Å²) in [6.07, 6.45) is 3.22. The van der Waals surface area contributed by atoms with Crippen LogP contribution in [0.5, 0.6) is 0 Å². The monoisotopic (exact) mass is 521 g/mol. The molecule has 194 valence electrons. The van der Waals surface area contributed by atoms with E-state index < -0.39 is 11.7 Å². The standard InChI is InChI=1S/C28H32ClN5O3/c1-18-15-33(19(2)14-32(18)16-20-8-4-3-5-9-20)27(36)22-12-21-23(17-34(30)25(21)13-24(22)29)26(35)28(37)31-10-6-7-11-31/h3-5,8-9,12-13,17-19H,6-7,10-11,14-16,30H2,1-2H3/t18-,19+/m0/s1. The number of benzene rings is 2. The quantitative estimate of drug-likeness (QED) is 0.315. The second-order valence-corrected chi connectivity index (χ2v) is 10.6. The summed E-state index contributed by atoms with van der Waals surface area (Å²) in [5.41, 5.74) is 2.22. The van der Waals surface area contributed by atoms with Crippen LogP contribution < -0.4 is 5.84 Å². The third-order valence-electron chi connectivity index (χ3n) is 7.59. The zero-order chi connectivity index (χ0) is 26.3. The fourth-order valence-electron chi connectivity index (χ4n) is 5.47. The van der Waals surface area contributed by atoms with Crippen LogP contribution >= 0.6 is 11.6 Å². The summed E-state index contributed by atoms with van der Waals surface area (Å²) >= 11 is 6.58. The summed E-state index contributed by atoms with van der Waals surface area (Å²) in [4.78, 5) is 45.4. The van der Waals surface area contributed by atoms with E-state index in [2.05, 4.69) is 24.0 Å². The van der Waals surface area contributed by atoms with Gasteiger partial charge in [-0.15, -0.1) is 0 Å². The Balaban J connectivity index is 1.40. The van der Waals surface area contributed by atoms with Gasteiger partial charge in [0.25, 0.3) is 17.6 Å². The molecule has 0 spiro atoms. The summed E-state index contributed by atoms with van der Waals surface area (Å²) in [5.74, 6) is 4.76. The van der Waals surface area contributed by atoms with Crippen molar-refractivity contribution in [2.45, 2.75) is 45.3 Å². The van der Waals surface area contributed by atoms with E-state index in [-0.39, 0.29) is 28.6 Å². The van der Waals surface area contributed by atoms with Gasteiger partial charge in [0.05, 0.1) is 21.7 Å². The molecule has 0 saturated carbocycles. The minimum Gasteiger partial charge on any atom is -0.339 e. The molecule has 2 aliphatic rings. The molecule has 3 heterocycles. The van der Waals surface area contributed by atoms with Gasteiger partial charge in [-0.25, -0.2) is 0 Å². The third-order valence-corrected chi connectivity index (χ3v) is 7.90. The Morgan fingerprint density at radius 2 is 1.68 bits per heavy atom. The average molecular weight is 522 g/mol. The van der Waals surface area contributed by atoms with Crippen molar-refractivity contribution in [1.82, 2.24) is 19.4 Å². The number of Topliss-reactive ketones (excluding diaryl/α,β-unsaturated/α-hetero) is 1. The number of aromatic nitrogens is 1. The molecular weight excluding hydrogens is 490 g/mol. The number of piperazine rings is 1. The van der Waals surface area contributed by atoms with Crippen molar-refractivity contribution in [2.24, 2.45) is 0 Å². The first-order valence-electron chi connectivity index (χ1n) is 12.8. The van der Waals surface area contributed by atoms with E-state index in [9.17, 15) is 14.4 Å².